The predicted molar refractivity (Wildman–Crippen MR) is 197 cm³/mol. The van der Waals surface area contributed by atoms with E-state index in [0.717, 1.165) is 53.2 Å². The first-order valence-electron chi connectivity index (χ1n) is 19.5. The Hall–Kier alpha value is -3.98. The number of esters is 6. The molecule has 0 N–H and O–H groups in total. The van der Waals surface area contributed by atoms with Gasteiger partial charge in [0.25, 0.3) is 0 Å². The van der Waals surface area contributed by atoms with E-state index in [4.69, 9.17) is 42.6 Å². The molecule has 0 aliphatic carbocycles. The zero-order valence-electron chi connectivity index (χ0n) is 33.6. The van der Waals surface area contributed by atoms with E-state index in [1.807, 2.05) is 0 Å². The topological polar surface area (TPSA) is 185 Å². The van der Waals surface area contributed by atoms with Crippen molar-refractivity contribution >= 4 is 35.8 Å². The fourth-order valence-corrected chi connectivity index (χ4v) is 6.58. The number of carbonyl (C=O) groups excluding carboxylic acids is 6. The molecule has 0 aromatic rings. The zero-order chi connectivity index (χ0) is 40.8. The van der Waals surface area contributed by atoms with Crippen LogP contribution in [0.15, 0.2) is 23.5 Å². The van der Waals surface area contributed by atoms with Gasteiger partial charge in [0.2, 0.25) is 12.6 Å². The summed E-state index contributed by atoms with van der Waals surface area (Å²) in [5.74, 6) is -5.27. The molecule has 15 heteroatoms. The zero-order valence-corrected chi connectivity index (χ0v) is 33.6. The van der Waals surface area contributed by atoms with Crippen molar-refractivity contribution in [1.29, 1.82) is 0 Å². The second-order valence-electron chi connectivity index (χ2n) is 13.7. The minimum Gasteiger partial charge on any atom is -0.468 e. The molecule has 2 heterocycles. The normalized spacial score (nSPS) is 24.2. The molecular formula is C40H62O15. The van der Waals surface area contributed by atoms with Crippen LogP contribution >= 0.6 is 0 Å². The lowest BCUT2D eigenvalue weighted by molar-refractivity contribution is -0.331. The van der Waals surface area contributed by atoms with Crippen LogP contribution in [0.1, 0.15) is 131 Å². The molecule has 55 heavy (non-hydrogen) atoms. The molecule has 1 fully saturated rings. The first-order valence-corrected chi connectivity index (χ1v) is 19.5. The van der Waals surface area contributed by atoms with Crippen molar-refractivity contribution in [3.63, 3.8) is 0 Å². The Morgan fingerprint density at radius 1 is 0.691 bits per heavy atom. The van der Waals surface area contributed by atoms with Crippen LogP contribution in [0, 0.1) is 5.92 Å². The molecule has 0 bridgehead atoms. The van der Waals surface area contributed by atoms with Crippen molar-refractivity contribution in [3.8, 4) is 0 Å². The highest BCUT2D eigenvalue weighted by atomic mass is 16.8. The molecule has 0 saturated carbocycles. The van der Waals surface area contributed by atoms with E-state index >= 15 is 0 Å². The van der Waals surface area contributed by atoms with Gasteiger partial charge in [-0.25, -0.2) is 4.79 Å². The van der Waals surface area contributed by atoms with Gasteiger partial charge < -0.3 is 42.6 Å². The van der Waals surface area contributed by atoms with E-state index in [2.05, 4.69) is 6.92 Å². The highest BCUT2D eigenvalue weighted by Crippen LogP contribution is 2.37. The molecule has 15 nitrogen and oxygen atoms in total. The quantitative estimate of drug-likeness (QED) is 0.0474. The third-order valence-electron chi connectivity index (χ3n) is 9.21. The lowest BCUT2D eigenvalue weighted by Crippen LogP contribution is -2.63. The fraction of sp³-hybridized carbons (Fsp3) is 0.750. The summed E-state index contributed by atoms with van der Waals surface area (Å²) in [6.07, 6.45) is 9.37. The number of unbranched alkanes of at least 4 members (excludes halogenated alkanes) is 12. The van der Waals surface area contributed by atoms with Gasteiger partial charge in [-0.3, -0.25) is 24.0 Å². The lowest BCUT2D eigenvalue weighted by atomic mass is 9.86. The number of rotatable bonds is 24. The summed E-state index contributed by atoms with van der Waals surface area (Å²) < 4.78 is 50.1. The summed E-state index contributed by atoms with van der Waals surface area (Å²) in [6, 6.07) is 0. The van der Waals surface area contributed by atoms with Crippen molar-refractivity contribution in [2.75, 3.05) is 20.3 Å². The number of allylic oxidation sites excluding steroid dienone is 1. The lowest BCUT2D eigenvalue weighted by Gasteiger charge is -2.45. The number of methoxy groups -OCH3 is 1. The molecule has 1 saturated heterocycles. The van der Waals surface area contributed by atoms with E-state index in [-0.39, 0.29) is 18.6 Å². The summed E-state index contributed by atoms with van der Waals surface area (Å²) in [5, 5.41) is 0. The van der Waals surface area contributed by atoms with Gasteiger partial charge in [0.1, 0.15) is 12.7 Å². The molecule has 0 amide bonds. The third kappa shape index (κ3) is 17.1. The Balaban J connectivity index is 2.13. The minimum atomic E-state index is -1.57. The molecule has 0 aromatic heterocycles. The summed E-state index contributed by atoms with van der Waals surface area (Å²) in [6.45, 7) is 8.13. The fourth-order valence-electron chi connectivity index (χ4n) is 6.58. The van der Waals surface area contributed by atoms with Gasteiger partial charge in [0.15, 0.2) is 18.3 Å². The monoisotopic (exact) mass is 782 g/mol. The second-order valence-corrected chi connectivity index (χ2v) is 13.7. The van der Waals surface area contributed by atoms with Gasteiger partial charge in [-0.15, -0.1) is 0 Å². The average molecular weight is 783 g/mol. The van der Waals surface area contributed by atoms with E-state index in [1.165, 1.54) is 64.9 Å². The molecule has 7 atom stereocenters. The van der Waals surface area contributed by atoms with Crippen LogP contribution in [0.2, 0.25) is 0 Å². The summed E-state index contributed by atoms with van der Waals surface area (Å²) in [5.41, 5.74) is 0.351. The maximum atomic E-state index is 13.1. The van der Waals surface area contributed by atoms with E-state index in [1.54, 1.807) is 13.0 Å². The maximum Gasteiger partial charge on any atom is 0.337 e. The van der Waals surface area contributed by atoms with Crippen LogP contribution in [0.4, 0.5) is 0 Å². The number of hydrogen-bond acceptors (Lipinski definition) is 15. The van der Waals surface area contributed by atoms with Crippen molar-refractivity contribution < 1.29 is 71.4 Å². The van der Waals surface area contributed by atoms with Crippen LogP contribution < -0.4 is 0 Å². The summed E-state index contributed by atoms with van der Waals surface area (Å²) in [4.78, 5) is 74.3. The average Bonchev–Trinajstić information content (AvgIpc) is 3.12. The predicted octanol–water partition coefficient (Wildman–Crippen LogP) is 6.09. The van der Waals surface area contributed by atoms with Crippen molar-refractivity contribution in [3.05, 3.63) is 23.5 Å². The van der Waals surface area contributed by atoms with Gasteiger partial charge in [0, 0.05) is 39.2 Å². The molecule has 0 unspecified atom stereocenters. The van der Waals surface area contributed by atoms with Crippen molar-refractivity contribution in [2.24, 2.45) is 5.92 Å². The standard InChI is InChI=1S/C40H62O15/c1-8-10-11-12-13-14-15-16-17-18-19-20-21-22-48-34(45)23-31-30(9-2)39(50-24-32(31)38(46)47-7)55-40-37(53-29(6)44)36(52-28(5)43)35(51-27(4)42)33(54-40)25-49-26(3)41/h9,24,31,33,35-37,39-40H,8,10-23,25H2,1-7H3/b30-9+/t31-,33+,35+,36-,37+,39-,40-/m0/s1. The maximum absolute atomic E-state index is 13.1. The Morgan fingerprint density at radius 2 is 1.22 bits per heavy atom. The van der Waals surface area contributed by atoms with Crippen molar-refractivity contribution in [2.45, 2.75) is 168 Å². The molecular weight excluding hydrogens is 720 g/mol. The third-order valence-corrected chi connectivity index (χ3v) is 9.21. The van der Waals surface area contributed by atoms with Gasteiger partial charge in [0.05, 0.1) is 32.0 Å². The van der Waals surface area contributed by atoms with E-state index < -0.39 is 85.3 Å². The Kier molecular flexibility index (Phi) is 22.3. The molecule has 0 aromatic carbocycles. The van der Waals surface area contributed by atoms with Crippen molar-refractivity contribution in [1.82, 2.24) is 0 Å². The van der Waals surface area contributed by atoms with E-state index in [9.17, 15) is 28.8 Å². The van der Waals surface area contributed by atoms with Gasteiger partial charge in [-0.1, -0.05) is 90.0 Å². The Labute approximate surface area is 325 Å². The summed E-state index contributed by atoms with van der Waals surface area (Å²) in [7, 11) is 1.20. The highest BCUT2D eigenvalue weighted by Gasteiger charge is 2.54. The van der Waals surface area contributed by atoms with Crippen LogP contribution in [0.25, 0.3) is 0 Å². The number of ether oxygens (including phenoxy) is 9. The van der Waals surface area contributed by atoms with E-state index in [0.29, 0.717) is 12.0 Å². The van der Waals surface area contributed by atoms with Gasteiger partial charge in [-0.2, -0.15) is 0 Å². The van der Waals surface area contributed by atoms with Gasteiger partial charge >= 0.3 is 35.8 Å². The highest BCUT2D eigenvalue weighted by molar-refractivity contribution is 5.90. The molecule has 2 aliphatic rings. The molecule has 2 aliphatic heterocycles. The second kappa shape index (κ2) is 26.0. The Morgan fingerprint density at radius 3 is 1.73 bits per heavy atom. The molecule has 0 radical (unpaired) electrons. The van der Waals surface area contributed by atoms with Gasteiger partial charge in [-0.05, 0) is 13.3 Å². The Bertz CT molecular complexity index is 1310. The van der Waals surface area contributed by atoms with Crippen LogP contribution in [0.3, 0.4) is 0 Å². The van der Waals surface area contributed by atoms with Crippen LogP contribution in [0.5, 0.6) is 0 Å². The largest absolute Gasteiger partial charge is 0.468 e. The molecule has 312 valence electrons. The SMILES string of the molecule is C/C=C1/[C@H](O[C@@H]2O[C@H](COC(C)=O)[C@@H](OC(C)=O)[C@H](OC(C)=O)[C@H]2OC(C)=O)OC=C(C(=O)OC)[C@H]1CC(=O)OCCCCCCCCCCCCCCC. The summed E-state index contributed by atoms with van der Waals surface area (Å²) >= 11 is 0. The molecule has 2 rings (SSSR count). The smallest absolute Gasteiger partial charge is 0.337 e. The first-order chi connectivity index (χ1) is 26.3. The number of carbonyl (C=O) groups is 6. The minimum absolute atomic E-state index is 0.0369. The van der Waals surface area contributed by atoms with Crippen LogP contribution in [-0.2, 0) is 71.4 Å². The molecule has 0 spiro atoms. The number of hydrogen-bond donors (Lipinski definition) is 0. The van der Waals surface area contributed by atoms with Crippen LogP contribution in [-0.4, -0.2) is 93.1 Å². The first kappa shape index (κ1) is 47.2.